The van der Waals surface area contributed by atoms with Gasteiger partial charge in [-0.25, -0.2) is 4.79 Å². The third-order valence-corrected chi connectivity index (χ3v) is 2.13. The minimum atomic E-state index is -0.483. The molecule has 15 heavy (non-hydrogen) atoms. The highest BCUT2D eigenvalue weighted by Crippen LogP contribution is 2.21. The molecule has 5 nitrogen and oxygen atoms in total. The van der Waals surface area contributed by atoms with E-state index in [1.54, 1.807) is 4.90 Å². The first-order valence-corrected chi connectivity index (χ1v) is 4.99. The van der Waals surface area contributed by atoms with Gasteiger partial charge in [-0.1, -0.05) is 0 Å². The van der Waals surface area contributed by atoms with E-state index in [2.05, 4.69) is 4.74 Å². The number of hydrogen-bond donors (Lipinski definition) is 0. The van der Waals surface area contributed by atoms with Crippen LogP contribution in [0.5, 0.6) is 0 Å². The lowest BCUT2D eigenvalue weighted by Crippen LogP contribution is -2.54. The van der Waals surface area contributed by atoms with Crippen molar-refractivity contribution in [3.63, 3.8) is 0 Å². The zero-order chi connectivity index (χ0) is 11.5. The van der Waals surface area contributed by atoms with Crippen LogP contribution < -0.4 is 0 Å². The smallest absolute Gasteiger partial charge is 0.410 e. The number of hydrogen-bond acceptors (Lipinski definition) is 4. The van der Waals surface area contributed by atoms with Crippen LogP contribution >= 0.6 is 0 Å². The molecule has 0 radical (unpaired) electrons. The maximum Gasteiger partial charge on any atom is 0.410 e. The topological polar surface area (TPSA) is 55.8 Å². The molecular weight excluding hydrogens is 198 g/mol. The highest BCUT2D eigenvalue weighted by molar-refractivity contribution is 5.69. The van der Waals surface area contributed by atoms with Crippen molar-refractivity contribution in [3.8, 4) is 0 Å². The Kier molecular flexibility index (Phi) is 3.55. The summed E-state index contributed by atoms with van der Waals surface area (Å²) in [6.07, 6.45) is 0.515. The molecule has 0 aromatic rings. The third-order valence-electron chi connectivity index (χ3n) is 2.13. The lowest BCUT2D eigenvalue weighted by Gasteiger charge is -2.40. The average molecular weight is 215 g/mol. The van der Waals surface area contributed by atoms with Crippen LogP contribution in [0.1, 0.15) is 27.2 Å². The molecule has 1 fully saturated rings. The molecule has 1 atom stereocenters. The molecule has 1 aliphatic heterocycles. The number of amides is 1. The molecule has 1 rings (SSSR count). The molecule has 1 aliphatic rings. The van der Waals surface area contributed by atoms with Crippen molar-refractivity contribution in [3.05, 3.63) is 0 Å². The second-order valence-electron chi connectivity index (χ2n) is 4.55. The molecule has 1 unspecified atom stereocenters. The number of nitrogens with zero attached hydrogens (tertiary/aromatic N) is 1. The monoisotopic (exact) mass is 215 g/mol. The Morgan fingerprint density at radius 1 is 1.53 bits per heavy atom. The van der Waals surface area contributed by atoms with E-state index >= 15 is 0 Å². The van der Waals surface area contributed by atoms with Gasteiger partial charge < -0.3 is 14.4 Å². The standard InChI is InChI=1S/C10H17NO4/c1-10(2,3)15-9(13)11-5-4-8(11)6-14-7-12/h7-8H,4-6H2,1-3H3. The van der Waals surface area contributed by atoms with Crippen molar-refractivity contribution in [2.45, 2.75) is 38.8 Å². The average Bonchev–Trinajstić information content (AvgIpc) is 1.98. The summed E-state index contributed by atoms with van der Waals surface area (Å²) >= 11 is 0. The van der Waals surface area contributed by atoms with Crippen LogP contribution in [0.3, 0.4) is 0 Å². The molecular formula is C10H17NO4. The van der Waals surface area contributed by atoms with E-state index in [-0.39, 0.29) is 18.7 Å². The first-order chi connectivity index (χ1) is 6.94. The van der Waals surface area contributed by atoms with Crippen molar-refractivity contribution in [2.24, 2.45) is 0 Å². The summed E-state index contributed by atoms with van der Waals surface area (Å²) in [4.78, 5) is 23.2. The van der Waals surface area contributed by atoms with E-state index in [0.717, 1.165) is 6.42 Å². The lowest BCUT2D eigenvalue weighted by molar-refractivity contribution is -0.131. The second-order valence-corrected chi connectivity index (χ2v) is 4.55. The Hall–Kier alpha value is -1.26. The fourth-order valence-electron chi connectivity index (χ4n) is 1.33. The Labute approximate surface area is 89.3 Å². The van der Waals surface area contributed by atoms with Crippen molar-refractivity contribution in [1.82, 2.24) is 4.90 Å². The van der Waals surface area contributed by atoms with Gasteiger partial charge in [0.1, 0.15) is 12.2 Å². The summed E-state index contributed by atoms with van der Waals surface area (Å²) in [6.45, 7) is 6.78. The van der Waals surface area contributed by atoms with Gasteiger partial charge in [0.05, 0.1) is 6.04 Å². The summed E-state index contributed by atoms with van der Waals surface area (Å²) in [5, 5.41) is 0. The third kappa shape index (κ3) is 3.42. The van der Waals surface area contributed by atoms with E-state index in [1.165, 1.54) is 0 Å². The molecule has 86 valence electrons. The predicted octanol–water partition coefficient (Wildman–Crippen LogP) is 1.17. The van der Waals surface area contributed by atoms with Crippen LogP contribution in [0.4, 0.5) is 4.79 Å². The quantitative estimate of drug-likeness (QED) is 0.663. The Bertz CT molecular complexity index is 246. The minimum Gasteiger partial charge on any atom is -0.466 e. The Morgan fingerprint density at radius 3 is 2.60 bits per heavy atom. The van der Waals surface area contributed by atoms with Gasteiger partial charge in [0.25, 0.3) is 6.47 Å². The number of ether oxygens (including phenoxy) is 2. The summed E-state index contributed by atoms with van der Waals surface area (Å²) in [5.74, 6) is 0. The van der Waals surface area contributed by atoms with Crippen LogP contribution in [-0.2, 0) is 14.3 Å². The van der Waals surface area contributed by atoms with E-state index in [1.807, 2.05) is 20.8 Å². The summed E-state index contributed by atoms with van der Waals surface area (Å²) in [7, 11) is 0. The molecule has 0 aromatic heterocycles. The van der Waals surface area contributed by atoms with Gasteiger partial charge in [-0.2, -0.15) is 0 Å². The van der Waals surface area contributed by atoms with Crippen molar-refractivity contribution < 1.29 is 19.1 Å². The van der Waals surface area contributed by atoms with Crippen LogP contribution in [0.2, 0.25) is 0 Å². The number of carbonyl (C=O) groups is 2. The Balaban J connectivity index is 2.37. The molecule has 1 heterocycles. The van der Waals surface area contributed by atoms with Gasteiger partial charge in [-0.05, 0) is 27.2 Å². The normalized spacial score (nSPS) is 20.5. The van der Waals surface area contributed by atoms with E-state index in [4.69, 9.17) is 4.74 Å². The zero-order valence-electron chi connectivity index (χ0n) is 9.36. The highest BCUT2D eigenvalue weighted by Gasteiger charge is 2.35. The molecule has 0 aromatic carbocycles. The predicted molar refractivity (Wildman–Crippen MR) is 53.4 cm³/mol. The second kappa shape index (κ2) is 4.51. The van der Waals surface area contributed by atoms with E-state index < -0.39 is 5.60 Å². The minimum absolute atomic E-state index is 0.0231. The molecule has 0 N–H and O–H groups in total. The Morgan fingerprint density at radius 2 is 2.20 bits per heavy atom. The van der Waals surface area contributed by atoms with Gasteiger partial charge in [0, 0.05) is 6.54 Å². The lowest BCUT2D eigenvalue weighted by atomic mass is 10.1. The van der Waals surface area contributed by atoms with E-state index in [0.29, 0.717) is 13.0 Å². The van der Waals surface area contributed by atoms with Gasteiger partial charge in [0.15, 0.2) is 0 Å². The number of likely N-dealkylation sites (tertiary alicyclic amines) is 1. The molecule has 5 heteroatoms. The zero-order valence-corrected chi connectivity index (χ0v) is 9.36. The molecule has 1 saturated heterocycles. The maximum atomic E-state index is 11.6. The first kappa shape index (κ1) is 11.8. The van der Waals surface area contributed by atoms with Crippen LogP contribution in [0, 0.1) is 0 Å². The fraction of sp³-hybridized carbons (Fsp3) is 0.800. The van der Waals surface area contributed by atoms with Crippen LogP contribution in [0.15, 0.2) is 0 Å². The van der Waals surface area contributed by atoms with E-state index in [9.17, 15) is 9.59 Å². The van der Waals surface area contributed by atoms with Gasteiger partial charge in [-0.15, -0.1) is 0 Å². The largest absolute Gasteiger partial charge is 0.466 e. The van der Waals surface area contributed by atoms with Gasteiger partial charge >= 0.3 is 6.09 Å². The summed E-state index contributed by atoms with van der Waals surface area (Å²) < 4.78 is 9.81. The SMILES string of the molecule is CC(C)(C)OC(=O)N1CCC1COC=O. The highest BCUT2D eigenvalue weighted by atomic mass is 16.6. The fourth-order valence-corrected chi connectivity index (χ4v) is 1.33. The molecule has 0 aliphatic carbocycles. The molecule has 0 spiro atoms. The van der Waals surface area contributed by atoms with Crippen LogP contribution in [-0.4, -0.2) is 42.3 Å². The van der Waals surface area contributed by atoms with Gasteiger partial charge in [-0.3, -0.25) is 4.79 Å². The molecule has 1 amide bonds. The maximum absolute atomic E-state index is 11.6. The van der Waals surface area contributed by atoms with Crippen LogP contribution in [0.25, 0.3) is 0 Å². The number of rotatable bonds is 3. The number of carbonyl (C=O) groups excluding carboxylic acids is 2. The summed E-state index contributed by atoms with van der Waals surface area (Å²) in [6, 6.07) is -0.0231. The first-order valence-electron chi connectivity index (χ1n) is 4.99. The molecule has 0 bridgehead atoms. The molecule has 0 saturated carbocycles. The van der Waals surface area contributed by atoms with Crippen molar-refractivity contribution in [1.29, 1.82) is 0 Å². The van der Waals surface area contributed by atoms with Crippen molar-refractivity contribution in [2.75, 3.05) is 13.2 Å². The van der Waals surface area contributed by atoms with Crippen molar-refractivity contribution >= 4 is 12.6 Å². The van der Waals surface area contributed by atoms with Gasteiger partial charge in [0.2, 0.25) is 0 Å². The summed E-state index contributed by atoms with van der Waals surface area (Å²) in [5.41, 5.74) is -0.483.